The third kappa shape index (κ3) is 1.00. The topological polar surface area (TPSA) is 42.0 Å². The molecule has 1 aromatic heterocycles. The fraction of sp³-hybridized carbons (Fsp3) is 0. The first-order valence-corrected chi connectivity index (χ1v) is 5.47. The molecular formula is C14H8N2O. The van der Waals surface area contributed by atoms with Crippen LogP contribution in [0.3, 0.4) is 0 Å². The van der Waals surface area contributed by atoms with E-state index < -0.39 is 0 Å². The molecule has 2 heterocycles. The van der Waals surface area contributed by atoms with Crippen molar-refractivity contribution in [3.8, 4) is 0 Å². The quantitative estimate of drug-likeness (QED) is 0.592. The maximum Gasteiger partial charge on any atom is 0.257 e. The molecule has 0 bridgehead atoms. The summed E-state index contributed by atoms with van der Waals surface area (Å²) in [5.41, 5.74) is 3.35. The zero-order valence-corrected chi connectivity index (χ0v) is 8.90. The smallest absolute Gasteiger partial charge is 0.257 e. The van der Waals surface area contributed by atoms with Crippen molar-refractivity contribution in [1.29, 1.82) is 0 Å². The summed E-state index contributed by atoms with van der Waals surface area (Å²) in [6.45, 7) is 0. The van der Waals surface area contributed by atoms with Crippen LogP contribution in [-0.2, 0) is 0 Å². The molecular weight excluding hydrogens is 212 g/mol. The summed E-state index contributed by atoms with van der Waals surface area (Å²) in [5, 5.41) is 4.74. The molecule has 0 saturated heterocycles. The summed E-state index contributed by atoms with van der Waals surface area (Å²) in [4.78, 5) is 16.6. The van der Waals surface area contributed by atoms with Gasteiger partial charge in [0.25, 0.3) is 5.91 Å². The summed E-state index contributed by atoms with van der Waals surface area (Å²) < 4.78 is 0. The van der Waals surface area contributed by atoms with Crippen LogP contribution in [0.25, 0.3) is 21.8 Å². The van der Waals surface area contributed by atoms with Crippen LogP contribution < -0.4 is 5.32 Å². The summed E-state index contributed by atoms with van der Waals surface area (Å²) in [5.74, 6) is -0.0326. The average Bonchev–Trinajstić information content (AvgIpc) is 2.69. The maximum atomic E-state index is 12.0. The molecule has 0 aliphatic carbocycles. The van der Waals surface area contributed by atoms with Gasteiger partial charge >= 0.3 is 0 Å². The van der Waals surface area contributed by atoms with Gasteiger partial charge in [-0.3, -0.25) is 4.79 Å². The molecule has 0 radical (unpaired) electrons. The van der Waals surface area contributed by atoms with Crippen LogP contribution in [0.1, 0.15) is 10.4 Å². The van der Waals surface area contributed by atoms with Crippen molar-refractivity contribution in [2.75, 3.05) is 5.32 Å². The molecule has 3 nitrogen and oxygen atoms in total. The van der Waals surface area contributed by atoms with Crippen LogP contribution >= 0.6 is 0 Å². The summed E-state index contributed by atoms with van der Waals surface area (Å²) in [6.07, 6.45) is 0. The van der Waals surface area contributed by atoms with E-state index in [1.165, 1.54) is 0 Å². The number of hydrogen-bond acceptors (Lipinski definition) is 2. The minimum atomic E-state index is -0.0326. The molecule has 1 aliphatic heterocycles. The number of carbonyl (C=O) groups excluding carboxylic acids is 1. The SMILES string of the molecule is O=C1Nc2cccc3nc4ccccc4c1c23. The van der Waals surface area contributed by atoms with E-state index in [-0.39, 0.29) is 5.91 Å². The summed E-state index contributed by atoms with van der Waals surface area (Å²) >= 11 is 0. The standard InChI is InChI=1S/C14H8N2O/c17-14-12-8-4-1-2-5-9(8)15-10-6-3-7-11(16-14)13(10)12/h1-7H,(H,16,17). The number of hydrogen-bond donors (Lipinski definition) is 1. The summed E-state index contributed by atoms with van der Waals surface area (Å²) in [7, 11) is 0. The van der Waals surface area contributed by atoms with E-state index >= 15 is 0 Å². The Bertz CT molecular complexity index is 793. The van der Waals surface area contributed by atoms with Crippen molar-refractivity contribution in [2.45, 2.75) is 0 Å². The van der Waals surface area contributed by atoms with Crippen molar-refractivity contribution in [3.05, 3.63) is 48.0 Å². The van der Waals surface area contributed by atoms with Crippen LogP contribution in [-0.4, -0.2) is 10.9 Å². The monoisotopic (exact) mass is 220 g/mol. The molecule has 80 valence electrons. The summed E-state index contributed by atoms with van der Waals surface area (Å²) in [6, 6.07) is 13.5. The number of para-hydroxylation sites is 1. The van der Waals surface area contributed by atoms with Gasteiger partial charge in [0.2, 0.25) is 0 Å². The Morgan fingerprint density at radius 3 is 2.71 bits per heavy atom. The second kappa shape index (κ2) is 2.83. The predicted molar refractivity (Wildman–Crippen MR) is 67.2 cm³/mol. The highest BCUT2D eigenvalue weighted by molar-refractivity contribution is 6.29. The number of fused-ring (bicyclic) bond motifs is 2. The molecule has 1 amide bonds. The fourth-order valence-electron chi connectivity index (χ4n) is 2.47. The third-order valence-corrected chi connectivity index (χ3v) is 3.18. The van der Waals surface area contributed by atoms with E-state index in [4.69, 9.17) is 0 Å². The molecule has 0 fully saturated rings. The van der Waals surface area contributed by atoms with Crippen LogP contribution in [0.5, 0.6) is 0 Å². The number of amides is 1. The molecule has 0 saturated carbocycles. The minimum absolute atomic E-state index is 0.0326. The maximum absolute atomic E-state index is 12.0. The fourth-order valence-corrected chi connectivity index (χ4v) is 2.47. The number of carbonyl (C=O) groups is 1. The number of benzene rings is 2. The average molecular weight is 220 g/mol. The normalized spacial score (nSPS) is 13.3. The largest absolute Gasteiger partial charge is 0.321 e. The Hall–Kier alpha value is -2.42. The lowest BCUT2D eigenvalue weighted by Crippen LogP contribution is -2.04. The van der Waals surface area contributed by atoms with E-state index in [1.54, 1.807) is 0 Å². The lowest BCUT2D eigenvalue weighted by molar-refractivity contribution is 0.103. The Balaban J connectivity index is 2.36. The first-order valence-electron chi connectivity index (χ1n) is 5.47. The minimum Gasteiger partial charge on any atom is -0.321 e. The second-order valence-corrected chi connectivity index (χ2v) is 4.16. The van der Waals surface area contributed by atoms with Gasteiger partial charge in [-0.15, -0.1) is 0 Å². The van der Waals surface area contributed by atoms with E-state index in [0.29, 0.717) is 0 Å². The molecule has 0 atom stereocenters. The third-order valence-electron chi connectivity index (χ3n) is 3.18. The van der Waals surface area contributed by atoms with Crippen LogP contribution in [0, 0.1) is 0 Å². The van der Waals surface area contributed by atoms with E-state index in [9.17, 15) is 4.79 Å². The highest BCUT2D eigenvalue weighted by Gasteiger charge is 2.24. The van der Waals surface area contributed by atoms with Crippen molar-refractivity contribution < 1.29 is 4.79 Å². The van der Waals surface area contributed by atoms with E-state index in [0.717, 1.165) is 33.1 Å². The number of pyridine rings is 1. The zero-order chi connectivity index (χ0) is 11.4. The molecule has 1 aliphatic rings. The van der Waals surface area contributed by atoms with Gasteiger partial charge in [0, 0.05) is 10.8 Å². The van der Waals surface area contributed by atoms with Gasteiger partial charge in [-0.25, -0.2) is 4.98 Å². The zero-order valence-electron chi connectivity index (χ0n) is 8.90. The molecule has 3 heteroatoms. The van der Waals surface area contributed by atoms with Crippen LogP contribution in [0.2, 0.25) is 0 Å². The van der Waals surface area contributed by atoms with Gasteiger partial charge in [0.05, 0.1) is 22.3 Å². The molecule has 1 N–H and O–H groups in total. The van der Waals surface area contributed by atoms with E-state index in [1.807, 2.05) is 42.5 Å². The predicted octanol–water partition coefficient (Wildman–Crippen LogP) is 2.95. The van der Waals surface area contributed by atoms with Gasteiger partial charge in [-0.1, -0.05) is 24.3 Å². The van der Waals surface area contributed by atoms with Crippen LogP contribution in [0.15, 0.2) is 42.5 Å². The first kappa shape index (κ1) is 8.70. The number of anilines is 1. The van der Waals surface area contributed by atoms with Crippen molar-refractivity contribution in [1.82, 2.24) is 4.98 Å². The highest BCUT2D eigenvalue weighted by Crippen LogP contribution is 2.35. The molecule has 0 spiro atoms. The van der Waals surface area contributed by atoms with Crippen molar-refractivity contribution in [2.24, 2.45) is 0 Å². The second-order valence-electron chi connectivity index (χ2n) is 4.16. The van der Waals surface area contributed by atoms with Gasteiger partial charge in [0.15, 0.2) is 0 Å². The van der Waals surface area contributed by atoms with Gasteiger partial charge < -0.3 is 5.32 Å². The Morgan fingerprint density at radius 2 is 1.76 bits per heavy atom. The molecule has 3 aromatic rings. The highest BCUT2D eigenvalue weighted by atomic mass is 16.1. The van der Waals surface area contributed by atoms with Gasteiger partial charge in [0.1, 0.15) is 0 Å². The first-order chi connectivity index (χ1) is 8.34. The number of nitrogens with one attached hydrogen (secondary N) is 1. The van der Waals surface area contributed by atoms with Crippen molar-refractivity contribution >= 4 is 33.4 Å². The number of rotatable bonds is 0. The molecule has 2 aromatic carbocycles. The molecule has 0 unspecified atom stereocenters. The van der Waals surface area contributed by atoms with Gasteiger partial charge in [-0.2, -0.15) is 0 Å². The Labute approximate surface area is 97.1 Å². The lowest BCUT2D eigenvalue weighted by atomic mass is 10.0. The molecule has 17 heavy (non-hydrogen) atoms. The number of nitrogens with zero attached hydrogens (tertiary/aromatic N) is 1. The molecule has 4 rings (SSSR count). The van der Waals surface area contributed by atoms with E-state index in [2.05, 4.69) is 10.3 Å². The van der Waals surface area contributed by atoms with Crippen molar-refractivity contribution in [3.63, 3.8) is 0 Å². The lowest BCUT2D eigenvalue weighted by Gasteiger charge is -2.03. The number of aromatic nitrogens is 1. The Morgan fingerprint density at radius 1 is 0.941 bits per heavy atom. The Kier molecular flexibility index (Phi) is 1.45. The van der Waals surface area contributed by atoms with Gasteiger partial charge in [-0.05, 0) is 18.2 Å². The van der Waals surface area contributed by atoms with Crippen LogP contribution in [0.4, 0.5) is 5.69 Å².